The van der Waals surface area contributed by atoms with Gasteiger partial charge in [-0.2, -0.15) is 0 Å². The van der Waals surface area contributed by atoms with Gasteiger partial charge in [-0.1, -0.05) is 23.7 Å². The summed E-state index contributed by atoms with van der Waals surface area (Å²) in [5.74, 6) is 1.49. The normalized spacial score (nSPS) is 14.3. The number of rotatable bonds is 5. The maximum Gasteiger partial charge on any atom is 0.223 e. The van der Waals surface area contributed by atoms with E-state index < -0.39 is 0 Å². The smallest absolute Gasteiger partial charge is 0.223 e. The van der Waals surface area contributed by atoms with Gasteiger partial charge in [-0.15, -0.1) is 0 Å². The number of nitrogens with zero attached hydrogens (tertiary/aromatic N) is 3. The Kier molecular flexibility index (Phi) is 4.17. The van der Waals surface area contributed by atoms with E-state index in [1.54, 1.807) is 18.3 Å². The van der Waals surface area contributed by atoms with E-state index in [-0.39, 0.29) is 5.82 Å². The maximum atomic E-state index is 13.0. The molecular formula is C19H19FN4O. The zero-order valence-electron chi connectivity index (χ0n) is 14.0. The molecule has 3 aromatic rings. The fraction of sp³-hybridized carbons (Fsp3) is 0.316. The molecule has 0 atom stereocenters. The standard InChI is InChI=1S/C19H19FN4O/c1-12-9-17(25-24-12)16-11-22-19(23-18(16)14-3-2-4-14)21-10-13-5-7-15(20)8-6-13/h5-9,11,14H,2-4,10H2,1H3,(H,21,22,23). The van der Waals surface area contributed by atoms with Crippen LogP contribution in [0.25, 0.3) is 11.3 Å². The van der Waals surface area contributed by atoms with Crippen LogP contribution in [-0.4, -0.2) is 15.1 Å². The summed E-state index contributed by atoms with van der Waals surface area (Å²) in [6, 6.07) is 8.31. The molecule has 4 rings (SSSR count). The number of aromatic nitrogens is 3. The first-order valence-corrected chi connectivity index (χ1v) is 8.48. The predicted octanol–water partition coefficient (Wildman–Crippen LogP) is 4.46. The third-order valence-corrected chi connectivity index (χ3v) is 4.57. The molecule has 2 heterocycles. The predicted molar refractivity (Wildman–Crippen MR) is 92.6 cm³/mol. The average molecular weight is 338 g/mol. The van der Waals surface area contributed by atoms with Crippen molar-refractivity contribution >= 4 is 5.95 Å². The fourth-order valence-corrected chi connectivity index (χ4v) is 2.94. The monoisotopic (exact) mass is 338 g/mol. The Hall–Kier alpha value is -2.76. The van der Waals surface area contributed by atoms with Gasteiger partial charge in [-0.3, -0.25) is 0 Å². The first-order chi connectivity index (χ1) is 12.2. The molecule has 6 heteroatoms. The van der Waals surface area contributed by atoms with Crippen molar-refractivity contribution in [2.24, 2.45) is 0 Å². The lowest BCUT2D eigenvalue weighted by Crippen LogP contribution is -2.14. The number of halogens is 1. The Morgan fingerprint density at radius 3 is 2.68 bits per heavy atom. The second kappa shape index (κ2) is 6.63. The van der Waals surface area contributed by atoms with E-state index in [2.05, 4.69) is 15.5 Å². The van der Waals surface area contributed by atoms with Gasteiger partial charge in [0.2, 0.25) is 5.95 Å². The van der Waals surface area contributed by atoms with Crippen LogP contribution in [0, 0.1) is 12.7 Å². The summed E-state index contributed by atoms with van der Waals surface area (Å²) in [6.07, 6.45) is 5.29. The van der Waals surface area contributed by atoms with Gasteiger partial charge < -0.3 is 9.84 Å². The van der Waals surface area contributed by atoms with E-state index in [1.807, 2.05) is 13.0 Å². The molecule has 1 N–H and O–H groups in total. The fourth-order valence-electron chi connectivity index (χ4n) is 2.94. The molecule has 25 heavy (non-hydrogen) atoms. The van der Waals surface area contributed by atoms with Crippen molar-refractivity contribution in [1.29, 1.82) is 0 Å². The van der Waals surface area contributed by atoms with Crippen molar-refractivity contribution in [3.63, 3.8) is 0 Å². The molecule has 0 spiro atoms. The molecule has 1 aromatic carbocycles. The highest BCUT2D eigenvalue weighted by molar-refractivity contribution is 5.61. The summed E-state index contributed by atoms with van der Waals surface area (Å²) >= 11 is 0. The summed E-state index contributed by atoms with van der Waals surface area (Å²) < 4.78 is 18.4. The molecule has 0 saturated heterocycles. The van der Waals surface area contributed by atoms with Crippen LogP contribution in [0.4, 0.5) is 10.3 Å². The first-order valence-electron chi connectivity index (χ1n) is 8.48. The van der Waals surface area contributed by atoms with Gasteiger partial charge in [0.1, 0.15) is 5.82 Å². The topological polar surface area (TPSA) is 63.8 Å². The van der Waals surface area contributed by atoms with Crippen molar-refractivity contribution < 1.29 is 8.91 Å². The van der Waals surface area contributed by atoms with Crippen LogP contribution in [0.2, 0.25) is 0 Å². The summed E-state index contributed by atoms with van der Waals surface area (Å²) in [5, 5.41) is 7.18. The maximum absolute atomic E-state index is 13.0. The summed E-state index contributed by atoms with van der Waals surface area (Å²) in [5.41, 5.74) is 3.75. The molecule has 0 amide bonds. The minimum Gasteiger partial charge on any atom is -0.356 e. The lowest BCUT2D eigenvalue weighted by molar-refractivity contribution is 0.405. The van der Waals surface area contributed by atoms with Crippen LogP contribution in [0.1, 0.15) is 42.1 Å². The average Bonchev–Trinajstić information content (AvgIpc) is 2.99. The van der Waals surface area contributed by atoms with Gasteiger partial charge in [-0.05, 0) is 37.5 Å². The van der Waals surface area contributed by atoms with Gasteiger partial charge >= 0.3 is 0 Å². The van der Waals surface area contributed by atoms with Crippen LogP contribution in [-0.2, 0) is 6.54 Å². The van der Waals surface area contributed by atoms with E-state index in [9.17, 15) is 4.39 Å². The molecule has 0 unspecified atom stereocenters. The molecule has 0 bridgehead atoms. The highest BCUT2D eigenvalue weighted by atomic mass is 19.1. The molecule has 5 nitrogen and oxygen atoms in total. The molecule has 1 saturated carbocycles. The minimum absolute atomic E-state index is 0.237. The Labute approximate surface area is 145 Å². The first kappa shape index (κ1) is 15.7. The zero-order valence-corrected chi connectivity index (χ0v) is 14.0. The third kappa shape index (κ3) is 3.38. The molecule has 0 radical (unpaired) electrons. The third-order valence-electron chi connectivity index (χ3n) is 4.57. The van der Waals surface area contributed by atoms with E-state index in [0.717, 1.165) is 35.4 Å². The zero-order chi connectivity index (χ0) is 17.2. The van der Waals surface area contributed by atoms with Crippen LogP contribution >= 0.6 is 0 Å². The summed E-state index contributed by atoms with van der Waals surface area (Å²) in [4.78, 5) is 9.14. The molecule has 0 aliphatic heterocycles. The van der Waals surface area contributed by atoms with E-state index in [1.165, 1.54) is 18.6 Å². The Balaban J connectivity index is 1.58. The SMILES string of the molecule is Cc1cc(-c2cnc(NCc3ccc(F)cc3)nc2C2CCC2)on1. The number of hydrogen-bond acceptors (Lipinski definition) is 5. The molecular weight excluding hydrogens is 319 g/mol. The molecule has 2 aromatic heterocycles. The van der Waals surface area contributed by atoms with Crippen molar-refractivity contribution in [3.05, 3.63) is 59.3 Å². The number of anilines is 1. The Bertz CT molecular complexity index is 871. The second-order valence-corrected chi connectivity index (χ2v) is 6.43. The number of aryl methyl sites for hydroxylation is 1. The van der Waals surface area contributed by atoms with Gasteiger partial charge in [0, 0.05) is 24.7 Å². The van der Waals surface area contributed by atoms with Crippen molar-refractivity contribution in [3.8, 4) is 11.3 Å². The molecule has 1 fully saturated rings. The second-order valence-electron chi connectivity index (χ2n) is 6.43. The number of nitrogens with one attached hydrogen (secondary N) is 1. The Morgan fingerprint density at radius 2 is 2.04 bits per heavy atom. The Morgan fingerprint density at radius 1 is 1.24 bits per heavy atom. The van der Waals surface area contributed by atoms with Crippen molar-refractivity contribution in [1.82, 2.24) is 15.1 Å². The lowest BCUT2D eigenvalue weighted by Gasteiger charge is -2.26. The van der Waals surface area contributed by atoms with E-state index in [4.69, 9.17) is 9.51 Å². The van der Waals surface area contributed by atoms with Crippen LogP contribution < -0.4 is 5.32 Å². The van der Waals surface area contributed by atoms with Crippen LogP contribution in [0.3, 0.4) is 0 Å². The van der Waals surface area contributed by atoms with E-state index >= 15 is 0 Å². The quantitative estimate of drug-likeness (QED) is 0.744. The number of hydrogen-bond donors (Lipinski definition) is 1. The lowest BCUT2D eigenvalue weighted by atomic mass is 9.81. The van der Waals surface area contributed by atoms with Gasteiger partial charge in [0.15, 0.2) is 5.76 Å². The van der Waals surface area contributed by atoms with E-state index in [0.29, 0.717) is 24.2 Å². The molecule has 1 aliphatic rings. The largest absolute Gasteiger partial charge is 0.356 e. The van der Waals surface area contributed by atoms with Crippen molar-refractivity contribution in [2.75, 3.05) is 5.32 Å². The molecule has 128 valence electrons. The highest BCUT2D eigenvalue weighted by Crippen LogP contribution is 2.40. The van der Waals surface area contributed by atoms with Crippen molar-refractivity contribution in [2.45, 2.75) is 38.6 Å². The van der Waals surface area contributed by atoms with Gasteiger partial charge in [0.25, 0.3) is 0 Å². The summed E-state index contributed by atoms with van der Waals surface area (Å²) in [6.45, 7) is 2.45. The summed E-state index contributed by atoms with van der Waals surface area (Å²) in [7, 11) is 0. The molecule has 1 aliphatic carbocycles. The van der Waals surface area contributed by atoms with Gasteiger partial charge in [-0.25, -0.2) is 14.4 Å². The van der Waals surface area contributed by atoms with Crippen LogP contribution in [0.5, 0.6) is 0 Å². The number of benzene rings is 1. The van der Waals surface area contributed by atoms with Gasteiger partial charge in [0.05, 0.1) is 17.0 Å². The highest BCUT2D eigenvalue weighted by Gasteiger charge is 2.26. The minimum atomic E-state index is -0.237. The van der Waals surface area contributed by atoms with Crippen LogP contribution in [0.15, 0.2) is 41.1 Å².